The lowest BCUT2D eigenvalue weighted by Gasteiger charge is -2.35. The van der Waals surface area contributed by atoms with Crippen molar-refractivity contribution in [2.24, 2.45) is 0 Å². The van der Waals surface area contributed by atoms with Crippen molar-refractivity contribution in [2.45, 2.75) is 25.8 Å². The quantitative estimate of drug-likeness (QED) is 0.370. The smallest absolute Gasteiger partial charge is 0.256 e. The van der Waals surface area contributed by atoms with Crippen LogP contribution in [0.15, 0.2) is 47.9 Å². The molecule has 1 aromatic carbocycles. The lowest BCUT2D eigenvalue weighted by atomic mass is 10.0. The third kappa shape index (κ3) is 5.30. The molecule has 12 heteroatoms. The molecule has 2 N–H and O–H groups in total. The fraction of sp³-hybridized carbons (Fsp3) is 0.308. The molecular formula is C26H28FN9O2. The van der Waals surface area contributed by atoms with Gasteiger partial charge in [-0.3, -0.25) is 4.79 Å². The summed E-state index contributed by atoms with van der Waals surface area (Å²) in [6.45, 7) is 7.20. The standard InChI is InChI=1S/C26H28FN9O2/c1-15(2)21-12-22(34-38-21)32-25(37)16-5-6-18(27)19(11-16)31-24-23-20(29-14-30-24)13-28-26(33-23)36-9-7-17(8-10-36)35(3)4/h5-6,11-14,17H,1,7-10H2,2-4H3,(H,29,30,31)(H,32,34,37). The number of fused-ring (bicyclic) bond motifs is 1. The van der Waals surface area contributed by atoms with Crippen LogP contribution in [0.2, 0.25) is 0 Å². The second-order valence-electron chi connectivity index (χ2n) is 9.44. The SMILES string of the molecule is C=C(C)c1cc(NC(=O)c2ccc(F)c(Nc3ncnc4cnc(N5CCC(N(C)C)CC5)nc34)c2)no1. The highest BCUT2D eigenvalue weighted by Gasteiger charge is 2.23. The Morgan fingerprint density at radius 2 is 1.97 bits per heavy atom. The Bertz CT molecular complexity index is 1500. The average molecular weight is 518 g/mol. The molecule has 0 unspecified atom stereocenters. The lowest BCUT2D eigenvalue weighted by molar-refractivity contribution is 0.102. The van der Waals surface area contributed by atoms with Crippen LogP contribution in [0.4, 0.5) is 27.7 Å². The molecule has 1 saturated heterocycles. The molecule has 1 aliphatic rings. The summed E-state index contributed by atoms with van der Waals surface area (Å²) in [7, 11) is 4.18. The number of amides is 1. The maximum atomic E-state index is 14.8. The van der Waals surface area contributed by atoms with Crippen molar-refractivity contribution < 1.29 is 13.7 Å². The van der Waals surface area contributed by atoms with Gasteiger partial charge in [0.1, 0.15) is 23.2 Å². The van der Waals surface area contributed by atoms with Crippen LogP contribution in [0.25, 0.3) is 16.6 Å². The first kappa shape index (κ1) is 25.2. The Morgan fingerprint density at radius 3 is 2.68 bits per heavy atom. The summed E-state index contributed by atoms with van der Waals surface area (Å²) in [4.78, 5) is 34.9. The van der Waals surface area contributed by atoms with Gasteiger partial charge in [-0.15, -0.1) is 0 Å². The first-order valence-electron chi connectivity index (χ1n) is 12.2. The molecule has 0 spiro atoms. The number of anilines is 4. The van der Waals surface area contributed by atoms with Crippen LogP contribution in [0.3, 0.4) is 0 Å². The van der Waals surface area contributed by atoms with Crippen LogP contribution in [0.1, 0.15) is 35.9 Å². The van der Waals surface area contributed by atoms with E-state index in [2.05, 4.69) is 61.2 Å². The predicted octanol–water partition coefficient (Wildman–Crippen LogP) is 4.11. The molecular weight excluding hydrogens is 489 g/mol. The molecule has 0 bridgehead atoms. The van der Waals surface area contributed by atoms with Crippen LogP contribution in [-0.4, -0.2) is 69.1 Å². The molecule has 38 heavy (non-hydrogen) atoms. The maximum Gasteiger partial charge on any atom is 0.256 e. The zero-order valence-electron chi connectivity index (χ0n) is 21.4. The molecule has 0 atom stereocenters. The highest BCUT2D eigenvalue weighted by atomic mass is 19.1. The summed E-state index contributed by atoms with van der Waals surface area (Å²) >= 11 is 0. The number of aromatic nitrogens is 5. The molecule has 1 fully saturated rings. The molecule has 3 aromatic heterocycles. The van der Waals surface area contributed by atoms with Crippen LogP contribution in [0.5, 0.6) is 0 Å². The van der Waals surface area contributed by atoms with Gasteiger partial charge in [0, 0.05) is 30.8 Å². The Balaban J connectivity index is 1.38. The molecule has 1 amide bonds. The summed E-state index contributed by atoms with van der Waals surface area (Å²) in [5, 5.41) is 9.42. The second-order valence-corrected chi connectivity index (χ2v) is 9.44. The summed E-state index contributed by atoms with van der Waals surface area (Å²) in [5.74, 6) is 0.532. The van der Waals surface area contributed by atoms with Crippen LogP contribution >= 0.6 is 0 Å². The average Bonchev–Trinajstić information content (AvgIpc) is 3.39. The number of hydrogen-bond acceptors (Lipinski definition) is 10. The van der Waals surface area contributed by atoms with Crippen molar-refractivity contribution in [2.75, 3.05) is 42.7 Å². The van der Waals surface area contributed by atoms with Crippen molar-refractivity contribution in [1.82, 2.24) is 30.0 Å². The largest absolute Gasteiger partial charge is 0.354 e. The number of piperidine rings is 1. The minimum Gasteiger partial charge on any atom is -0.354 e. The van der Waals surface area contributed by atoms with E-state index in [0.29, 0.717) is 40.2 Å². The third-order valence-electron chi connectivity index (χ3n) is 6.50. The number of rotatable bonds is 7. The molecule has 0 aliphatic carbocycles. The Hall–Kier alpha value is -4.45. The van der Waals surface area contributed by atoms with Gasteiger partial charge in [0.15, 0.2) is 17.4 Å². The number of carbonyl (C=O) groups is 1. The van der Waals surface area contributed by atoms with Crippen LogP contribution < -0.4 is 15.5 Å². The molecule has 0 saturated carbocycles. The van der Waals surface area contributed by atoms with Crippen molar-refractivity contribution in [3.8, 4) is 0 Å². The summed E-state index contributed by atoms with van der Waals surface area (Å²) in [5.41, 5.74) is 1.92. The van der Waals surface area contributed by atoms with E-state index in [4.69, 9.17) is 9.51 Å². The highest BCUT2D eigenvalue weighted by molar-refractivity contribution is 6.04. The third-order valence-corrected chi connectivity index (χ3v) is 6.50. The molecule has 196 valence electrons. The van der Waals surface area contributed by atoms with Crippen LogP contribution in [0, 0.1) is 5.82 Å². The monoisotopic (exact) mass is 517 g/mol. The van der Waals surface area contributed by atoms with Gasteiger partial charge in [0.05, 0.1) is 11.9 Å². The maximum absolute atomic E-state index is 14.8. The van der Waals surface area contributed by atoms with Gasteiger partial charge in [0.2, 0.25) is 5.95 Å². The van der Waals surface area contributed by atoms with E-state index in [9.17, 15) is 9.18 Å². The van der Waals surface area contributed by atoms with Crippen molar-refractivity contribution >= 4 is 45.8 Å². The molecule has 11 nitrogen and oxygen atoms in total. The minimum atomic E-state index is -0.556. The van der Waals surface area contributed by atoms with E-state index in [0.717, 1.165) is 25.9 Å². The fourth-order valence-corrected chi connectivity index (χ4v) is 4.28. The number of nitrogens with one attached hydrogen (secondary N) is 2. The van der Waals surface area contributed by atoms with Gasteiger partial charge >= 0.3 is 0 Å². The number of nitrogens with zero attached hydrogens (tertiary/aromatic N) is 7. The Morgan fingerprint density at radius 1 is 1.18 bits per heavy atom. The minimum absolute atomic E-state index is 0.0624. The Labute approximate surface area is 218 Å². The lowest BCUT2D eigenvalue weighted by Crippen LogP contribution is -2.42. The van der Waals surface area contributed by atoms with E-state index in [-0.39, 0.29) is 17.1 Å². The summed E-state index contributed by atoms with van der Waals surface area (Å²) in [6.07, 6.45) is 5.01. The molecule has 5 rings (SSSR count). The van der Waals surface area contributed by atoms with Crippen molar-refractivity contribution in [3.05, 3.63) is 60.5 Å². The van der Waals surface area contributed by atoms with Crippen LogP contribution in [-0.2, 0) is 0 Å². The van der Waals surface area contributed by atoms with E-state index in [1.165, 1.54) is 24.5 Å². The number of halogens is 1. The van der Waals surface area contributed by atoms with Gasteiger partial charge in [-0.25, -0.2) is 24.3 Å². The Kier molecular flexibility index (Phi) is 6.97. The normalized spacial score (nSPS) is 14.2. The van der Waals surface area contributed by atoms with Gasteiger partial charge in [-0.2, -0.15) is 0 Å². The van der Waals surface area contributed by atoms with Gasteiger partial charge in [0.25, 0.3) is 5.91 Å². The number of carbonyl (C=O) groups excluding carboxylic acids is 1. The number of hydrogen-bond donors (Lipinski definition) is 2. The fourth-order valence-electron chi connectivity index (χ4n) is 4.28. The highest BCUT2D eigenvalue weighted by Crippen LogP contribution is 2.27. The number of allylic oxidation sites excluding steroid dienone is 1. The van der Waals surface area contributed by atoms with E-state index in [1.807, 2.05) is 0 Å². The first-order valence-corrected chi connectivity index (χ1v) is 12.2. The van der Waals surface area contributed by atoms with E-state index < -0.39 is 11.7 Å². The zero-order valence-corrected chi connectivity index (χ0v) is 21.4. The van der Waals surface area contributed by atoms with Gasteiger partial charge in [-0.1, -0.05) is 11.7 Å². The first-order chi connectivity index (χ1) is 18.3. The topological polar surface area (TPSA) is 125 Å². The molecule has 4 heterocycles. The molecule has 4 aromatic rings. The van der Waals surface area contributed by atoms with E-state index in [1.54, 1.807) is 19.2 Å². The molecule has 1 aliphatic heterocycles. The summed E-state index contributed by atoms with van der Waals surface area (Å²) < 4.78 is 19.9. The second kappa shape index (κ2) is 10.5. The summed E-state index contributed by atoms with van der Waals surface area (Å²) in [6, 6.07) is 6.07. The van der Waals surface area contributed by atoms with E-state index >= 15 is 0 Å². The number of benzene rings is 1. The molecule has 0 radical (unpaired) electrons. The van der Waals surface area contributed by atoms with Crippen molar-refractivity contribution in [3.63, 3.8) is 0 Å². The van der Waals surface area contributed by atoms with Gasteiger partial charge < -0.3 is 25.0 Å². The zero-order chi connectivity index (χ0) is 26.8. The van der Waals surface area contributed by atoms with Crippen molar-refractivity contribution in [1.29, 1.82) is 0 Å². The van der Waals surface area contributed by atoms with Gasteiger partial charge in [-0.05, 0) is 57.6 Å². The predicted molar refractivity (Wildman–Crippen MR) is 143 cm³/mol.